The lowest BCUT2D eigenvalue weighted by atomic mass is 9.95. The summed E-state index contributed by atoms with van der Waals surface area (Å²) in [5.74, 6) is 0. The van der Waals surface area contributed by atoms with E-state index in [1.165, 1.54) is 12.1 Å². The average molecular weight is 375 g/mol. The summed E-state index contributed by atoms with van der Waals surface area (Å²) in [5, 5.41) is 3.24. The molecule has 0 aromatic heterocycles. The molecule has 1 fully saturated rings. The molecule has 0 aliphatic heterocycles. The van der Waals surface area contributed by atoms with Crippen LogP contribution in [0, 0.1) is 0 Å². The summed E-state index contributed by atoms with van der Waals surface area (Å²) in [7, 11) is 0. The standard InChI is InChI=1S/C18H24F3NO2S/c1-17(2,3)24-16(23)22-13-6-10-15(11-7-13)25-14-8-4-12(5-9-14)18(19,20)21/h4-5,8-9,13,15H,6-7,10-11H2,1-3H3,(H,22,23). The van der Waals surface area contributed by atoms with Crippen molar-refractivity contribution in [2.75, 3.05) is 0 Å². The highest BCUT2D eigenvalue weighted by atomic mass is 32.2. The smallest absolute Gasteiger partial charge is 0.416 e. The van der Waals surface area contributed by atoms with Gasteiger partial charge in [-0.05, 0) is 70.7 Å². The molecule has 0 unspecified atom stereocenters. The molecule has 0 radical (unpaired) electrons. The Morgan fingerprint density at radius 1 is 1.08 bits per heavy atom. The van der Waals surface area contributed by atoms with Crippen molar-refractivity contribution in [1.82, 2.24) is 5.32 Å². The van der Waals surface area contributed by atoms with E-state index in [0.717, 1.165) is 42.7 Å². The second kappa shape index (κ2) is 7.89. The maximum atomic E-state index is 12.6. The van der Waals surface area contributed by atoms with Crippen molar-refractivity contribution in [2.45, 2.75) is 74.4 Å². The molecule has 1 aromatic rings. The number of alkyl halides is 3. The fourth-order valence-corrected chi connectivity index (χ4v) is 3.90. The van der Waals surface area contributed by atoms with E-state index in [1.807, 2.05) is 20.8 Å². The third-order valence-corrected chi connectivity index (χ3v) is 5.23. The first kappa shape index (κ1) is 19.9. The van der Waals surface area contributed by atoms with Crippen LogP contribution in [0.25, 0.3) is 0 Å². The monoisotopic (exact) mass is 375 g/mol. The van der Waals surface area contributed by atoms with Crippen LogP contribution < -0.4 is 5.32 Å². The number of amides is 1. The summed E-state index contributed by atoms with van der Waals surface area (Å²) in [6.45, 7) is 5.47. The molecular formula is C18H24F3NO2S. The third kappa shape index (κ3) is 6.80. The molecule has 1 aliphatic rings. The van der Waals surface area contributed by atoms with E-state index in [0.29, 0.717) is 5.25 Å². The average Bonchev–Trinajstić information content (AvgIpc) is 2.47. The molecule has 0 spiro atoms. The fraction of sp³-hybridized carbons (Fsp3) is 0.611. The molecule has 0 saturated heterocycles. The second-order valence-electron chi connectivity index (χ2n) is 7.26. The predicted octanol–water partition coefficient (Wildman–Crippen LogP) is 5.63. The van der Waals surface area contributed by atoms with Gasteiger partial charge in [-0.1, -0.05) is 0 Å². The summed E-state index contributed by atoms with van der Waals surface area (Å²) in [6, 6.07) is 5.40. The van der Waals surface area contributed by atoms with Gasteiger partial charge in [0.15, 0.2) is 0 Å². The van der Waals surface area contributed by atoms with Crippen LogP contribution in [-0.4, -0.2) is 23.0 Å². The van der Waals surface area contributed by atoms with E-state index in [9.17, 15) is 18.0 Å². The zero-order valence-corrected chi connectivity index (χ0v) is 15.5. The first-order valence-electron chi connectivity index (χ1n) is 8.36. The summed E-state index contributed by atoms with van der Waals surface area (Å²) in [4.78, 5) is 12.6. The minimum atomic E-state index is -4.30. The van der Waals surface area contributed by atoms with Gasteiger partial charge in [0, 0.05) is 16.2 Å². The van der Waals surface area contributed by atoms with Crippen LogP contribution in [-0.2, 0) is 10.9 Å². The summed E-state index contributed by atoms with van der Waals surface area (Å²) in [6.07, 6.45) is -1.19. The molecule has 3 nitrogen and oxygen atoms in total. The lowest BCUT2D eigenvalue weighted by Crippen LogP contribution is -2.41. The Bertz CT molecular complexity index is 573. The third-order valence-electron chi connectivity index (χ3n) is 3.88. The Morgan fingerprint density at radius 3 is 2.12 bits per heavy atom. The predicted molar refractivity (Wildman–Crippen MR) is 92.7 cm³/mol. The van der Waals surface area contributed by atoms with E-state index < -0.39 is 23.4 Å². The number of thioether (sulfide) groups is 1. The highest BCUT2D eigenvalue weighted by Crippen LogP contribution is 2.36. The molecule has 0 bridgehead atoms. The number of alkyl carbamates (subject to hydrolysis) is 1. The van der Waals surface area contributed by atoms with Gasteiger partial charge in [-0.15, -0.1) is 11.8 Å². The van der Waals surface area contributed by atoms with Gasteiger partial charge in [0.05, 0.1) is 5.56 Å². The van der Waals surface area contributed by atoms with Crippen LogP contribution in [0.4, 0.5) is 18.0 Å². The molecule has 25 heavy (non-hydrogen) atoms. The number of benzene rings is 1. The van der Waals surface area contributed by atoms with Gasteiger partial charge in [-0.25, -0.2) is 4.79 Å². The highest BCUT2D eigenvalue weighted by molar-refractivity contribution is 8.00. The van der Waals surface area contributed by atoms with Crippen LogP contribution in [0.5, 0.6) is 0 Å². The molecule has 1 saturated carbocycles. The Balaban J connectivity index is 1.78. The molecule has 2 rings (SSSR count). The van der Waals surface area contributed by atoms with Crippen molar-refractivity contribution in [2.24, 2.45) is 0 Å². The van der Waals surface area contributed by atoms with Crippen LogP contribution in [0.3, 0.4) is 0 Å². The first-order valence-corrected chi connectivity index (χ1v) is 9.24. The van der Waals surface area contributed by atoms with E-state index in [2.05, 4.69) is 5.32 Å². The highest BCUT2D eigenvalue weighted by Gasteiger charge is 2.30. The van der Waals surface area contributed by atoms with E-state index in [-0.39, 0.29) is 6.04 Å². The van der Waals surface area contributed by atoms with Crippen molar-refractivity contribution in [1.29, 1.82) is 0 Å². The molecular weight excluding hydrogens is 351 g/mol. The number of hydrogen-bond donors (Lipinski definition) is 1. The first-order chi connectivity index (χ1) is 11.5. The lowest BCUT2D eigenvalue weighted by Gasteiger charge is -2.29. The fourth-order valence-electron chi connectivity index (χ4n) is 2.71. The van der Waals surface area contributed by atoms with Crippen LogP contribution in [0.1, 0.15) is 52.0 Å². The normalized spacial score (nSPS) is 21.7. The number of carbonyl (C=O) groups is 1. The Kier molecular flexibility index (Phi) is 6.30. The van der Waals surface area contributed by atoms with Gasteiger partial charge in [-0.2, -0.15) is 13.2 Å². The summed E-state index contributed by atoms with van der Waals surface area (Å²) < 4.78 is 43.0. The molecule has 1 amide bonds. The van der Waals surface area contributed by atoms with E-state index in [1.54, 1.807) is 11.8 Å². The van der Waals surface area contributed by atoms with Gasteiger partial charge in [0.2, 0.25) is 0 Å². The molecule has 1 aromatic carbocycles. The van der Waals surface area contributed by atoms with Gasteiger partial charge >= 0.3 is 12.3 Å². The van der Waals surface area contributed by atoms with E-state index >= 15 is 0 Å². The SMILES string of the molecule is CC(C)(C)OC(=O)NC1CCC(Sc2ccc(C(F)(F)F)cc2)CC1. The maximum absolute atomic E-state index is 12.6. The van der Waals surface area contributed by atoms with Crippen molar-refractivity contribution < 1.29 is 22.7 Å². The number of nitrogens with one attached hydrogen (secondary N) is 1. The molecule has 7 heteroatoms. The Morgan fingerprint density at radius 2 is 1.64 bits per heavy atom. The van der Waals surface area contributed by atoms with Crippen molar-refractivity contribution >= 4 is 17.9 Å². The Hall–Kier alpha value is -1.37. The van der Waals surface area contributed by atoms with Gasteiger partial charge in [0.1, 0.15) is 5.60 Å². The second-order valence-corrected chi connectivity index (χ2v) is 8.63. The minimum Gasteiger partial charge on any atom is -0.444 e. The number of rotatable bonds is 3. The zero-order chi connectivity index (χ0) is 18.7. The molecule has 1 aliphatic carbocycles. The van der Waals surface area contributed by atoms with Crippen molar-refractivity contribution in [3.8, 4) is 0 Å². The summed E-state index contributed by atoms with van der Waals surface area (Å²) in [5.41, 5.74) is -1.14. The zero-order valence-electron chi connectivity index (χ0n) is 14.7. The van der Waals surface area contributed by atoms with Crippen molar-refractivity contribution in [3.05, 3.63) is 29.8 Å². The number of halogens is 3. The number of hydrogen-bond acceptors (Lipinski definition) is 3. The van der Waals surface area contributed by atoms with Gasteiger partial charge in [-0.3, -0.25) is 0 Å². The largest absolute Gasteiger partial charge is 0.444 e. The molecule has 0 heterocycles. The van der Waals surface area contributed by atoms with Crippen molar-refractivity contribution in [3.63, 3.8) is 0 Å². The van der Waals surface area contributed by atoms with Crippen LogP contribution >= 0.6 is 11.8 Å². The maximum Gasteiger partial charge on any atom is 0.416 e. The molecule has 1 N–H and O–H groups in total. The molecule has 140 valence electrons. The quantitative estimate of drug-likeness (QED) is 0.744. The van der Waals surface area contributed by atoms with Gasteiger partial charge < -0.3 is 10.1 Å². The number of carbonyl (C=O) groups excluding carboxylic acids is 1. The van der Waals surface area contributed by atoms with Crippen LogP contribution in [0.2, 0.25) is 0 Å². The van der Waals surface area contributed by atoms with Gasteiger partial charge in [0.25, 0.3) is 0 Å². The molecule has 0 atom stereocenters. The lowest BCUT2D eigenvalue weighted by molar-refractivity contribution is -0.137. The topological polar surface area (TPSA) is 38.3 Å². The van der Waals surface area contributed by atoms with Crippen LogP contribution in [0.15, 0.2) is 29.2 Å². The summed E-state index contributed by atoms with van der Waals surface area (Å²) >= 11 is 1.60. The van der Waals surface area contributed by atoms with E-state index in [4.69, 9.17) is 4.74 Å². The Labute approximate surface area is 150 Å². The minimum absolute atomic E-state index is 0.0966. The number of ether oxygens (including phenoxy) is 1.